The summed E-state index contributed by atoms with van der Waals surface area (Å²) in [5.74, 6) is -1.91. The Morgan fingerprint density at radius 1 is 1.20 bits per heavy atom. The number of aromatic amines is 1. The van der Waals surface area contributed by atoms with E-state index in [1.807, 2.05) is 0 Å². The van der Waals surface area contributed by atoms with Crippen molar-refractivity contribution in [3.05, 3.63) is 60.3 Å². The summed E-state index contributed by atoms with van der Waals surface area (Å²) in [6.07, 6.45) is 6.68. The van der Waals surface area contributed by atoms with Gasteiger partial charge in [-0.25, -0.2) is 13.8 Å². The molecule has 3 aromatic rings. The number of nitrogens with one attached hydrogen (secondary N) is 1. The van der Waals surface area contributed by atoms with Crippen molar-refractivity contribution in [1.82, 2.24) is 19.4 Å². The van der Waals surface area contributed by atoms with Crippen LogP contribution in [0.15, 0.2) is 43.0 Å². The van der Waals surface area contributed by atoms with Crippen molar-refractivity contribution < 1.29 is 13.6 Å². The highest BCUT2D eigenvalue weighted by Gasteiger charge is 2.22. The van der Waals surface area contributed by atoms with Crippen LogP contribution in [0.4, 0.5) is 8.78 Å². The number of carbonyl (C=O) groups is 1. The lowest BCUT2D eigenvalue weighted by atomic mass is 10.2. The fourth-order valence-corrected chi connectivity index (χ4v) is 3.14. The molecule has 0 bridgehead atoms. The Balaban J connectivity index is 1.69. The zero-order chi connectivity index (χ0) is 17.4. The number of aromatic nitrogens is 3. The van der Waals surface area contributed by atoms with Crippen LogP contribution in [0.3, 0.4) is 0 Å². The summed E-state index contributed by atoms with van der Waals surface area (Å²) in [6, 6.07) is 5.70. The van der Waals surface area contributed by atoms with Crippen molar-refractivity contribution in [2.24, 2.45) is 0 Å². The molecule has 128 valence electrons. The minimum atomic E-state index is -0.939. The van der Waals surface area contributed by atoms with Crippen LogP contribution in [0.25, 0.3) is 16.9 Å². The largest absolute Gasteiger partial charge is 0.357 e. The van der Waals surface area contributed by atoms with Gasteiger partial charge in [0.15, 0.2) is 11.6 Å². The van der Waals surface area contributed by atoms with Crippen molar-refractivity contribution in [3.8, 4) is 16.9 Å². The van der Waals surface area contributed by atoms with Gasteiger partial charge in [-0.2, -0.15) is 0 Å². The summed E-state index contributed by atoms with van der Waals surface area (Å²) >= 11 is 0. The highest BCUT2D eigenvalue weighted by Crippen LogP contribution is 2.26. The number of hydrogen-bond acceptors (Lipinski definition) is 2. The molecule has 2 aromatic heterocycles. The van der Waals surface area contributed by atoms with E-state index in [1.54, 1.807) is 23.4 Å². The average Bonchev–Trinajstić information content (AvgIpc) is 3.37. The molecule has 0 spiro atoms. The molecule has 1 amide bonds. The lowest BCUT2D eigenvalue weighted by molar-refractivity contribution is 0.0788. The van der Waals surface area contributed by atoms with E-state index >= 15 is 0 Å². The summed E-state index contributed by atoms with van der Waals surface area (Å²) in [4.78, 5) is 21.3. The zero-order valence-corrected chi connectivity index (χ0v) is 13.4. The molecule has 1 aliphatic rings. The molecule has 0 aliphatic carbocycles. The van der Waals surface area contributed by atoms with Crippen LogP contribution in [0, 0.1) is 11.6 Å². The Kier molecular flexibility index (Phi) is 3.83. The summed E-state index contributed by atoms with van der Waals surface area (Å²) in [5, 5.41) is 0. The predicted molar refractivity (Wildman–Crippen MR) is 88.4 cm³/mol. The van der Waals surface area contributed by atoms with Crippen LogP contribution in [0.1, 0.15) is 23.3 Å². The van der Waals surface area contributed by atoms with Gasteiger partial charge in [0.25, 0.3) is 5.91 Å². The molecule has 1 fully saturated rings. The summed E-state index contributed by atoms with van der Waals surface area (Å²) in [6.45, 7) is 1.53. The second-order valence-corrected chi connectivity index (χ2v) is 6.02. The average molecular weight is 342 g/mol. The molecule has 0 unspecified atom stereocenters. The summed E-state index contributed by atoms with van der Waals surface area (Å²) < 4.78 is 29.1. The van der Waals surface area contributed by atoms with Gasteiger partial charge in [0.1, 0.15) is 5.69 Å². The quantitative estimate of drug-likeness (QED) is 0.793. The molecule has 1 saturated heterocycles. The molecule has 0 atom stereocenters. The molecular weight excluding hydrogens is 326 g/mol. The Labute approximate surface area is 142 Å². The first kappa shape index (κ1) is 15.6. The van der Waals surface area contributed by atoms with E-state index in [-0.39, 0.29) is 11.6 Å². The van der Waals surface area contributed by atoms with Gasteiger partial charge in [0, 0.05) is 24.8 Å². The molecule has 1 aliphatic heterocycles. The Morgan fingerprint density at radius 3 is 2.80 bits per heavy atom. The lowest BCUT2D eigenvalue weighted by Gasteiger charge is -2.13. The summed E-state index contributed by atoms with van der Waals surface area (Å²) in [7, 11) is 0. The van der Waals surface area contributed by atoms with E-state index in [2.05, 4.69) is 9.97 Å². The third kappa shape index (κ3) is 2.71. The van der Waals surface area contributed by atoms with Crippen molar-refractivity contribution in [2.75, 3.05) is 13.1 Å². The predicted octanol–water partition coefficient (Wildman–Crippen LogP) is 3.38. The lowest BCUT2D eigenvalue weighted by Crippen LogP contribution is -2.27. The molecule has 0 saturated carbocycles. The maximum Gasteiger partial charge on any atom is 0.270 e. The molecule has 5 nitrogen and oxygen atoms in total. The number of benzene rings is 1. The SMILES string of the molecule is O=C(c1cc(-c2cncn2-c2cccc(F)c2F)c[nH]1)N1CCCC1. The minimum absolute atomic E-state index is 0.0493. The van der Waals surface area contributed by atoms with Crippen LogP contribution >= 0.6 is 0 Å². The molecule has 25 heavy (non-hydrogen) atoms. The molecular formula is C18H16F2N4O. The van der Waals surface area contributed by atoms with Crippen molar-refractivity contribution in [1.29, 1.82) is 0 Å². The second kappa shape index (κ2) is 6.16. The first-order valence-corrected chi connectivity index (χ1v) is 8.10. The Hall–Kier alpha value is -2.96. The maximum absolute atomic E-state index is 14.1. The van der Waals surface area contributed by atoms with Gasteiger partial charge < -0.3 is 9.88 Å². The first-order chi connectivity index (χ1) is 12.1. The number of hydrogen-bond donors (Lipinski definition) is 1. The third-order valence-corrected chi connectivity index (χ3v) is 4.43. The van der Waals surface area contributed by atoms with Gasteiger partial charge in [-0.05, 0) is 31.0 Å². The zero-order valence-electron chi connectivity index (χ0n) is 13.4. The highest BCUT2D eigenvalue weighted by molar-refractivity contribution is 5.94. The Morgan fingerprint density at radius 2 is 2.00 bits per heavy atom. The van der Waals surface area contributed by atoms with E-state index in [0.29, 0.717) is 17.0 Å². The van der Waals surface area contributed by atoms with Gasteiger partial charge >= 0.3 is 0 Å². The number of amides is 1. The first-order valence-electron chi connectivity index (χ1n) is 8.10. The minimum Gasteiger partial charge on any atom is -0.357 e. The normalized spacial score (nSPS) is 14.2. The van der Waals surface area contributed by atoms with E-state index in [0.717, 1.165) is 32.0 Å². The topological polar surface area (TPSA) is 53.9 Å². The van der Waals surface area contributed by atoms with Gasteiger partial charge in [-0.15, -0.1) is 0 Å². The van der Waals surface area contributed by atoms with Gasteiger partial charge in [0.2, 0.25) is 0 Å². The van der Waals surface area contributed by atoms with E-state index < -0.39 is 11.6 Å². The fourth-order valence-electron chi connectivity index (χ4n) is 3.14. The highest BCUT2D eigenvalue weighted by atomic mass is 19.2. The monoisotopic (exact) mass is 342 g/mol. The van der Waals surface area contributed by atoms with Crippen molar-refractivity contribution in [3.63, 3.8) is 0 Å². The third-order valence-electron chi connectivity index (χ3n) is 4.43. The second-order valence-electron chi connectivity index (χ2n) is 6.02. The standard InChI is InChI=1S/C18H16F2N4O/c19-13-4-3-5-15(17(13)20)24-11-21-10-16(24)12-8-14(22-9-12)18(25)23-6-1-2-7-23/h3-5,8-11,22H,1-2,6-7H2. The van der Waals surface area contributed by atoms with Gasteiger partial charge in [-0.1, -0.05) is 6.07 Å². The van der Waals surface area contributed by atoms with Crippen LogP contribution < -0.4 is 0 Å². The fraction of sp³-hybridized carbons (Fsp3) is 0.222. The number of H-pyrrole nitrogens is 1. The Bertz CT molecular complexity index is 925. The summed E-state index contributed by atoms with van der Waals surface area (Å²) in [5.41, 5.74) is 1.80. The van der Waals surface area contributed by atoms with E-state index in [1.165, 1.54) is 23.0 Å². The maximum atomic E-state index is 14.1. The number of imidazole rings is 1. The molecule has 1 N–H and O–H groups in total. The molecule has 0 radical (unpaired) electrons. The molecule has 3 heterocycles. The number of rotatable bonds is 3. The number of carbonyl (C=O) groups excluding carboxylic acids is 1. The number of halogens is 2. The van der Waals surface area contributed by atoms with Gasteiger partial charge in [-0.3, -0.25) is 9.36 Å². The smallest absolute Gasteiger partial charge is 0.270 e. The van der Waals surface area contributed by atoms with Crippen LogP contribution in [0.5, 0.6) is 0 Å². The molecule has 1 aromatic carbocycles. The van der Waals surface area contributed by atoms with Crippen LogP contribution in [-0.2, 0) is 0 Å². The molecule has 4 rings (SSSR count). The van der Waals surface area contributed by atoms with Crippen molar-refractivity contribution >= 4 is 5.91 Å². The number of likely N-dealkylation sites (tertiary alicyclic amines) is 1. The van der Waals surface area contributed by atoms with E-state index in [9.17, 15) is 13.6 Å². The molecule has 7 heteroatoms. The number of nitrogens with zero attached hydrogens (tertiary/aromatic N) is 3. The van der Waals surface area contributed by atoms with Crippen LogP contribution in [-0.4, -0.2) is 38.4 Å². The van der Waals surface area contributed by atoms with Gasteiger partial charge in [0.05, 0.1) is 23.9 Å². The van der Waals surface area contributed by atoms with E-state index in [4.69, 9.17) is 0 Å². The van der Waals surface area contributed by atoms with Crippen molar-refractivity contribution in [2.45, 2.75) is 12.8 Å². The van der Waals surface area contributed by atoms with Crippen LogP contribution in [0.2, 0.25) is 0 Å².